The van der Waals surface area contributed by atoms with Gasteiger partial charge in [0.2, 0.25) is 5.95 Å². The van der Waals surface area contributed by atoms with Crippen LogP contribution < -0.4 is 20.1 Å². The Morgan fingerprint density at radius 3 is 2.49 bits per heavy atom. The molecule has 2 aliphatic rings. The molecule has 0 spiro atoms. The van der Waals surface area contributed by atoms with Crippen molar-refractivity contribution in [1.29, 1.82) is 0 Å². The molecule has 2 aromatic carbocycles. The van der Waals surface area contributed by atoms with Gasteiger partial charge in [-0.05, 0) is 37.3 Å². The molecule has 2 aliphatic heterocycles. The van der Waals surface area contributed by atoms with Gasteiger partial charge in [-0.2, -0.15) is 4.98 Å². The number of hydrogen-bond acceptors (Lipinski definition) is 8. The number of carbonyl (C=O) groups is 1. The normalized spacial score (nSPS) is 19.1. The average Bonchev–Trinajstić information content (AvgIpc) is 3.48. The minimum Gasteiger partial charge on any atom is -0.493 e. The van der Waals surface area contributed by atoms with Crippen molar-refractivity contribution in [1.82, 2.24) is 14.9 Å². The third kappa shape index (κ3) is 4.87. The number of piperidine rings is 1. The SMILES string of the molecule is COc1cc2nc(N(C)CC3(c4ccccc4)CCN(C(=O)C4CCCO4)CC3)nc(N)c2cc1OC. The first-order valence-corrected chi connectivity index (χ1v) is 12.8. The van der Waals surface area contributed by atoms with Gasteiger partial charge in [0, 0.05) is 50.2 Å². The molecule has 5 rings (SSSR count). The molecule has 0 radical (unpaired) electrons. The van der Waals surface area contributed by atoms with Crippen molar-refractivity contribution in [2.45, 2.75) is 37.2 Å². The Hall–Kier alpha value is -3.59. The Kier molecular flexibility index (Phi) is 7.06. The average molecular weight is 506 g/mol. The predicted octanol–water partition coefficient (Wildman–Crippen LogP) is 3.40. The summed E-state index contributed by atoms with van der Waals surface area (Å²) < 4.78 is 16.5. The summed E-state index contributed by atoms with van der Waals surface area (Å²) in [6.45, 7) is 2.76. The monoisotopic (exact) mass is 505 g/mol. The molecule has 3 aromatic rings. The van der Waals surface area contributed by atoms with Crippen molar-refractivity contribution in [2.75, 3.05) is 58.1 Å². The molecule has 2 N–H and O–H groups in total. The van der Waals surface area contributed by atoms with E-state index in [9.17, 15) is 4.79 Å². The fourth-order valence-electron chi connectivity index (χ4n) is 5.62. The van der Waals surface area contributed by atoms with E-state index < -0.39 is 0 Å². The van der Waals surface area contributed by atoms with Gasteiger partial charge in [-0.3, -0.25) is 4.79 Å². The van der Waals surface area contributed by atoms with Crippen molar-refractivity contribution in [3.8, 4) is 11.5 Å². The third-order valence-corrected chi connectivity index (χ3v) is 7.72. The molecule has 37 heavy (non-hydrogen) atoms. The van der Waals surface area contributed by atoms with Crippen LogP contribution in [0, 0.1) is 0 Å². The summed E-state index contributed by atoms with van der Waals surface area (Å²) in [5.41, 5.74) is 8.16. The number of amides is 1. The largest absolute Gasteiger partial charge is 0.493 e. The number of nitrogens with two attached hydrogens (primary N) is 1. The van der Waals surface area contributed by atoms with Gasteiger partial charge in [0.15, 0.2) is 11.5 Å². The molecule has 196 valence electrons. The summed E-state index contributed by atoms with van der Waals surface area (Å²) in [5, 5.41) is 0.716. The number of rotatable bonds is 7. The van der Waals surface area contributed by atoms with Crippen molar-refractivity contribution >= 4 is 28.6 Å². The highest BCUT2D eigenvalue weighted by Gasteiger charge is 2.40. The highest BCUT2D eigenvalue weighted by Crippen LogP contribution is 2.38. The van der Waals surface area contributed by atoms with Gasteiger partial charge in [-0.25, -0.2) is 4.98 Å². The fraction of sp³-hybridized carbons (Fsp3) is 0.464. The van der Waals surface area contributed by atoms with E-state index in [0.717, 1.165) is 25.7 Å². The number of nitrogen functional groups attached to an aromatic ring is 1. The number of aromatic nitrogens is 2. The Balaban J connectivity index is 1.42. The number of fused-ring (bicyclic) bond motifs is 1. The lowest BCUT2D eigenvalue weighted by molar-refractivity contribution is -0.142. The molecule has 1 unspecified atom stereocenters. The highest BCUT2D eigenvalue weighted by atomic mass is 16.5. The lowest BCUT2D eigenvalue weighted by atomic mass is 9.72. The van der Waals surface area contributed by atoms with Gasteiger partial charge in [0.05, 0.1) is 19.7 Å². The Labute approximate surface area is 217 Å². The molecule has 9 heteroatoms. The minimum atomic E-state index is -0.281. The number of anilines is 2. The van der Waals surface area contributed by atoms with Crippen LogP contribution in [0.1, 0.15) is 31.2 Å². The second kappa shape index (κ2) is 10.4. The Bertz CT molecular complexity index is 1250. The number of methoxy groups -OCH3 is 2. The second-order valence-corrected chi connectivity index (χ2v) is 9.96. The molecular weight excluding hydrogens is 470 g/mol. The number of ether oxygens (including phenoxy) is 3. The molecule has 2 saturated heterocycles. The minimum absolute atomic E-state index is 0.127. The van der Waals surface area contributed by atoms with E-state index in [1.807, 2.05) is 24.1 Å². The molecule has 3 heterocycles. The quantitative estimate of drug-likeness (QED) is 0.521. The van der Waals surface area contributed by atoms with Crippen molar-refractivity contribution in [3.05, 3.63) is 48.0 Å². The van der Waals surface area contributed by atoms with Gasteiger partial charge in [-0.15, -0.1) is 0 Å². The smallest absolute Gasteiger partial charge is 0.251 e. The van der Waals surface area contributed by atoms with Crippen LogP contribution in [0.5, 0.6) is 11.5 Å². The third-order valence-electron chi connectivity index (χ3n) is 7.72. The van der Waals surface area contributed by atoms with E-state index >= 15 is 0 Å². The standard InChI is InChI=1S/C28H35N5O4/c1-32(27-30-21-17-24(36-3)23(35-2)16-20(21)25(29)31-27)18-28(19-8-5-4-6-9-19)11-13-33(14-12-28)26(34)22-10-7-15-37-22/h4-6,8-9,16-17,22H,7,10-15,18H2,1-3H3,(H2,29,30,31). The first-order valence-electron chi connectivity index (χ1n) is 12.8. The molecule has 0 aliphatic carbocycles. The van der Waals surface area contributed by atoms with Crippen LogP contribution >= 0.6 is 0 Å². The number of nitrogens with zero attached hydrogens (tertiary/aromatic N) is 4. The van der Waals surface area contributed by atoms with Crippen LogP contribution in [0.4, 0.5) is 11.8 Å². The lowest BCUT2D eigenvalue weighted by Gasteiger charge is -2.44. The van der Waals surface area contributed by atoms with Crippen molar-refractivity contribution in [2.24, 2.45) is 0 Å². The molecule has 2 fully saturated rings. The van der Waals surface area contributed by atoms with Crippen molar-refractivity contribution < 1.29 is 19.0 Å². The van der Waals surface area contributed by atoms with Gasteiger partial charge < -0.3 is 29.7 Å². The zero-order chi connectivity index (χ0) is 26.0. The molecule has 1 amide bonds. The Morgan fingerprint density at radius 1 is 1.14 bits per heavy atom. The predicted molar refractivity (Wildman–Crippen MR) is 143 cm³/mol. The van der Waals surface area contributed by atoms with Gasteiger partial charge in [-0.1, -0.05) is 30.3 Å². The first kappa shape index (κ1) is 25.1. The molecule has 9 nitrogen and oxygen atoms in total. The summed E-state index contributed by atoms with van der Waals surface area (Å²) >= 11 is 0. The summed E-state index contributed by atoms with van der Waals surface area (Å²) in [5.74, 6) is 2.23. The lowest BCUT2D eigenvalue weighted by Crippen LogP contribution is -2.52. The first-order chi connectivity index (χ1) is 17.9. The van der Waals surface area contributed by atoms with Crippen LogP contribution in [-0.2, 0) is 14.9 Å². The molecule has 1 atom stereocenters. The van der Waals surface area contributed by atoms with Gasteiger partial charge in [0.25, 0.3) is 5.91 Å². The maximum Gasteiger partial charge on any atom is 0.251 e. The zero-order valence-corrected chi connectivity index (χ0v) is 21.8. The van der Waals surface area contributed by atoms with E-state index in [-0.39, 0.29) is 17.4 Å². The number of hydrogen-bond donors (Lipinski definition) is 1. The van der Waals surface area contributed by atoms with Gasteiger partial charge in [0.1, 0.15) is 11.9 Å². The maximum atomic E-state index is 13.0. The van der Waals surface area contributed by atoms with Crippen LogP contribution in [0.15, 0.2) is 42.5 Å². The van der Waals surface area contributed by atoms with E-state index in [0.29, 0.717) is 60.4 Å². The van der Waals surface area contributed by atoms with Crippen LogP contribution in [-0.4, -0.2) is 74.4 Å². The van der Waals surface area contributed by atoms with Crippen LogP contribution in [0.25, 0.3) is 10.9 Å². The zero-order valence-electron chi connectivity index (χ0n) is 21.8. The molecule has 1 aromatic heterocycles. The van der Waals surface area contributed by atoms with Crippen molar-refractivity contribution in [3.63, 3.8) is 0 Å². The summed E-state index contributed by atoms with van der Waals surface area (Å²) in [4.78, 5) is 26.5. The fourth-order valence-corrected chi connectivity index (χ4v) is 5.62. The van der Waals surface area contributed by atoms with Crippen LogP contribution in [0.2, 0.25) is 0 Å². The topological polar surface area (TPSA) is 103 Å². The number of benzene rings is 2. The number of carbonyl (C=O) groups excluding carboxylic acids is 1. The van der Waals surface area contributed by atoms with E-state index in [4.69, 9.17) is 24.9 Å². The number of likely N-dealkylation sites (tertiary alicyclic amines) is 1. The Morgan fingerprint density at radius 2 is 1.84 bits per heavy atom. The van der Waals surface area contributed by atoms with Crippen LogP contribution in [0.3, 0.4) is 0 Å². The molecular formula is C28H35N5O4. The second-order valence-electron chi connectivity index (χ2n) is 9.96. The summed E-state index contributed by atoms with van der Waals surface area (Å²) in [6.07, 6.45) is 3.17. The van der Waals surface area contributed by atoms with E-state index in [1.54, 1.807) is 20.3 Å². The van der Waals surface area contributed by atoms with E-state index in [1.165, 1.54) is 5.56 Å². The summed E-state index contributed by atoms with van der Waals surface area (Å²) in [7, 11) is 5.18. The maximum absolute atomic E-state index is 13.0. The van der Waals surface area contributed by atoms with Gasteiger partial charge >= 0.3 is 0 Å². The molecule has 0 bridgehead atoms. The highest BCUT2D eigenvalue weighted by molar-refractivity contribution is 5.91. The number of likely N-dealkylation sites (N-methyl/N-ethyl adjacent to an activating group) is 1. The van der Waals surface area contributed by atoms with E-state index in [2.05, 4.69) is 34.1 Å². The summed E-state index contributed by atoms with van der Waals surface area (Å²) in [6, 6.07) is 14.2. The molecule has 0 saturated carbocycles.